The summed E-state index contributed by atoms with van der Waals surface area (Å²) >= 11 is 7.69. The van der Waals surface area contributed by atoms with Gasteiger partial charge in [0.05, 0.1) is 5.02 Å². The van der Waals surface area contributed by atoms with Crippen molar-refractivity contribution in [1.29, 1.82) is 0 Å². The van der Waals surface area contributed by atoms with Crippen LogP contribution in [-0.2, 0) is 0 Å². The molecule has 1 heterocycles. The molecule has 0 aliphatic rings. The average molecular weight is 305 g/mol. The van der Waals surface area contributed by atoms with Gasteiger partial charge >= 0.3 is 0 Å². The normalized spacial score (nSPS) is 12.8. The minimum absolute atomic E-state index is 0.0316. The zero-order valence-corrected chi connectivity index (χ0v) is 12.4. The van der Waals surface area contributed by atoms with Crippen molar-refractivity contribution in [2.75, 3.05) is 0 Å². The van der Waals surface area contributed by atoms with Gasteiger partial charge in [0.25, 0.3) is 5.22 Å². The van der Waals surface area contributed by atoms with Crippen LogP contribution in [0.1, 0.15) is 18.5 Å². The van der Waals surface area contributed by atoms with Crippen LogP contribution in [0.25, 0.3) is 11.1 Å². The smallest absolute Gasteiger partial charge is 0.261 e. The van der Waals surface area contributed by atoms with Gasteiger partial charge < -0.3 is 10.2 Å². The van der Waals surface area contributed by atoms with Crippen LogP contribution in [-0.4, -0.2) is 4.98 Å². The second kappa shape index (κ2) is 5.48. The average Bonchev–Trinajstić information content (AvgIpc) is 2.83. The Morgan fingerprint density at radius 1 is 1.25 bits per heavy atom. The summed E-state index contributed by atoms with van der Waals surface area (Å²) in [7, 11) is 0. The summed E-state index contributed by atoms with van der Waals surface area (Å²) in [6, 6.07) is 13.4. The van der Waals surface area contributed by atoms with E-state index in [0.29, 0.717) is 10.2 Å². The highest BCUT2D eigenvalue weighted by molar-refractivity contribution is 7.99. The Kier molecular flexibility index (Phi) is 3.70. The molecule has 0 bridgehead atoms. The fraction of sp³-hybridized carbons (Fsp3) is 0.133. The Morgan fingerprint density at radius 2 is 2.05 bits per heavy atom. The number of fused-ring (bicyclic) bond motifs is 1. The Morgan fingerprint density at radius 3 is 2.75 bits per heavy atom. The highest BCUT2D eigenvalue weighted by Crippen LogP contribution is 2.35. The Bertz CT molecular complexity index is 721. The first kappa shape index (κ1) is 13.5. The number of halogens is 1. The topological polar surface area (TPSA) is 52.0 Å². The molecule has 2 N–H and O–H groups in total. The van der Waals surface area contributed by atoms with Crippen molar-refractivity contribution in [3.8, 4) is 0 Å². The van der Waals surface area contributed by atoms with Crippen LogP contribution >= 0.6 is 23.4 Å². The van der Waals surface area contributed by atoms with Gasteiger partial charge in [-0.05, 0) is 48.5 Å². The van der Waals surface area contributed by atoms with Crippen LogP contribution in [0, 0.1) is 0 Å². The largest absolute Gasteiger partial charge is 0.431 e. The highest BCUT2D eigenvalue weighted by Gasteiger charge is 2.11. The van der Waals surface area contributed by atoms with Crippen molar-refractivity contribution in [1.82, 2.24) is 4.98 Å². The minimum atomic E-state index is -0.0316. The maximum absolute atomic E-state index is 6.28. The van der Waals surface area contributed by atoms with Gasteiger partial charge in [0.1, 0.15) is 5.52 Å². The minimum Gasteiger partial charge on any atom is -0.431 e. The molecule has 5 heteroatoms. The number of nitrogens with zero attached hydrogens (tertiary/aromatic N) is 1. The standard InChI is InChI=1S/C15H13ClN2OS/c1-9(17)10-6-7-14(11(16)8-10)20-15-18-12-4-2-3-5-13(12)19-15/h2-9H,17H2,1H3/t9-/m0/s1. The summed E-state index contributed by atoms with van der Waals surface area (Å²) in [6.07, 6.45) is 0. The number of para-hydroxylation sites is 2. The predicted octanol–water partition coefficient (Wildman–Crippen LogP) is 4.65. The van der Waals surface area contributed by atoms with Gasteiger partial charge in [-0.2, -0.15) is 0 Å². The molecule has 0 saturated heterocycles. The van der Waals surface area contributed by atoms with Crippen LogP contribution in [0.4, 0.5) is 0 Å². The molecule has 0 unspecified atom stereocenters. The molecular formula is C15H13ClN2OS. The molecule has 1 atom stereocenters. The van der Waals surface area contributed by atoms with Gasteiger partial charge in [-0.15, -0.1) is 0 Å². The van der Waals surface area contributed by atoms with E-state index in [1.807, 2.05) is 49.4 Å². The van der Waals surface area contributed by atoms with E-state index < -0.39 is 0 Å². The number of aromatic nitrogens is 1. The van der Waals surface area contributed by atoms with Crippen LogP contribution in [0.3, 0.4) is 0 Å². The summed E-state index contributed by atoms with van der Waals surface area (Å²) in [5.74, 6) is 0. The first-order valence-corrected chi connectivity index (χ1v) is 7.41. The molecule has 0 spiro atoms. The third-order valence-corrected chi connectivity index (χ3v) is 4.30. The fourth-order valence-electron chi connectivity index (χ4n) is 1.87. The van der Waals surface area contributed by atoms with Crippen molar-refractivity contribution in [3.05, 3.63) is 53.1 Å². The summed E-state index contributed by atoms with van der Waals surface area (Å²) in [6.45, 7) is 1.93. The lowest BCUT2D eigenvalue weighted by molar-refractivity contribution is 0.489. The van der Waals surface area contributed by atoms with Crippen molar-refractivity contribution in [3.63, 3.8) is 0 Å². The summed E-state index contributed by atoms with van der Waals surface area (Å²) < 4.78 is 5.67. The van der Waals surface area contributed by atoms with Gasteiger partial charge in [-0.3, -0.25) is 0 Å². The van der Waals surface area contributed by atoms with Crippen LogP contribution < -0.4 is 5.73 Å². The Hall–Kier alpha value is -1.49. The van der Waals surface area contributed by atoms with Gasteiger partial charge in [0.2, 0.25) is 0 Å². The molecule has 3 nitrogen and oxygen atoms in total. The molecule has 0 radical (unpaired) electrons. The third-order valence-electron chi connectivity index (χ3n) is 2.95. The van der Waals surface area contributed by atoms with E-state index in [1.165, 1.54) is 11.8 Å². The number of benzene rings is 2. The number of hydrogen-bond donors (Lipinski definition) is 1. The second-order valence-corrected chi connectivity index (χ2v) is 5.93. The summed E-state index contributed by atoms with van der Waals surface area (Å²) in [5.41, 5.74) is 8.47. The SMILES string of the molecule is C[C@H](N)c1ccc(Sc2nc3ccccc3o2)c(Cl)c1. The number of oxazole rings is 1. The van der Waals surface area contributed by atoms with Crippen molar-refractivity contribution < 1.29 is 4.42 Å². The zero-order valence-electron chi connectivity index (χ0n) is 10.8. The van der Waals surface area contributed by atoms with E-state index in [4.69, 9.17) is 21.8 Å². The lowest BCUT2D eigenvalue weighted by Gasteiger charge is -2.07. The molecule has 0 amide bonds. The maximum Gasteiger partial charge on any atom is 0.261 e. The molecule has 3 aromatic rings. The van der Waals surface area contributed by atoms with Gasteiger partial charge in [-0.25, -0.2) is 4.98 Å². The zero-order chi connectivity index (χ0) is 14.1. The van der Waals surface area contributed by atoms with E-state index >= 15 is 0 Å². The number of hydrogen-bond acceptors (Lipinski definition) is 4. The highest BCUT2D eigenvalue weighted by atomic mass is 35.5. The molecule has 0 saturated carbocycles. The molecule has 1 aromatic heterocycles. The van der Waals surface area contributed by atoms with E-state index in [2.05, 4.69) is 4.98 Å². The first-order chi connectivity index (χ1) is 9.63. The van der Waals surface area contributed by atoms with Crippen LogP contribution in [0.15, 0.2) is 57.0 Å². The molecule has 0 aliphatic carbocycles. The monoisotopic (exact) mass is 304 g/mol. The first-order valence-electron chi connectivity index (χ1n) is 6.22. The molecule has 20 heavy (non-hydrogen) atoms. The van der Waals surface area contributed by atoms with Gasteiger partial charge in [-0.1, -0.05) is 29.8 Å². The molecular weight excluding hydrogens is 292 g/mol. The lowest BCUT2D eigenvalue weighted by atomic mass is 10.1. The van der Waals surface area contributed by atoms with E-state index in [1.54, 1.807) is 0 Å². The molecule has 102 valence electrons. The fourth-order valence-corrected chi connectivity index (χ4v) is 2.93. The van der Waals surface area contributed by atoms with Crippen molar-refractivity contribution >= 4 is 34.5 Å². The molecule has 0 aliphatic heterocycles. The predicted molar refractivity (Wildman–Crippen MR) is 82.2 cm³/mol. The molecule has 3 rings (SSSR count). The van der Waals surface area contributed by atoms with Crippen LogP contribution in [0.5, 0.6) is 0 Å². The Balaban J connectivity index is 1.90. The Labute approximate surface area is 126 Å². The third kappa shape index (κ3) is 2.68. The van der Waals surface area contributed by atoms with E-state index in [0.717, 1.165) is 21.6 Å². The van der Waals surface area contributed by atoms with E-state index in [-0.39, 0.29) is 6.04 Å². The summed E-state index contributed by atoms with van der Waals surface area (Å²) in [4.78, 5) is 5.32. The quantitative estimate of drug-likeness (QED) is 0.765. The summed E-state index contributed by atoms with van der Waals surface area (Å²) in [5, 5.41) is 1.24. The van der Waals surface area contributed by atoms with Crippen LogP contribution in [0.2, 0.25) is 5.02 Å². The van der Waals surface area contributed by atoms with E-state index in [9.17, 15) is 0 Å². The van der Waals surface area contributed by atoms with Gasteiger partial charge in [0.15, 0.2) is 5.58 Å². The van der Waals surface area contributed by atoms with Crippen molar-refractivity contribution in [2.45, 2.75) is 23.1 Å². The number of rotatable bonds is 3. The molecule has 2 aromatic carbocycles. The molecule has 0 fully saturated rings. The van der Waals surface area contributed by atoms with Crippen molar-refractivity contribution in [2.24, 2.45) is 5.73 Å². The maximum atomic E-state index is 6.28. The second-order valence-electron chi connectivity index (χ2n) is 4.53. The van der Waals surface area contributed by atoms with Gasteiger partial charge in [0, 0.05) is 10.9 Å². The number of nitrogens with two attached hydrogens (primary N) is 1. The lowest BCUT2D eigenvalue weighted by Crippen LogP contribution is -2.04.